The van der Waals surface area contributed by atoms with E-state index in [1.54, 1.807) is 0 Å². The minimum Gasteiger partial charge on any atom is -0.480 e. The van der Waals surface area contributed by atoms with E-state index in [2.05, 4.69) is 0 Å². The van der Waals surface area contributed by atoms with E-state index in [-0.39, 0.29) is 12.0 Å². The highest BCUT2D eigenvalue weighted by Crippen LogP contribution is 2.33. The molecule has 1 aromatic carbocycles. The Balaban J connectivity index is 3.12. The van der Waals surface area contributed by atoms with Gasteiger partial charge in [-0.15, -0.1) is 0 Å². The third-order valence-electron chi connectivity index (χ3n) is 2.37. The molecule has 0 fully saturated rings. The van der Waals surface area contributed by atoms with Gasteiger partial charge in [-0.05, 0) is 18.6 Å². The molecule has 0 radical (unpaired) electrons. The molecule has 0 spiro atoms. The molecule has 1 atom stereocenters. The molecule has 0 aliphatic carbocycles. The summed E-state index contributed by atoms with van der Waals surface area (Å²) in [6.45, 7) is 1.18. The number of alkyl halides is 3. The molecule has 0 aromatic heterocycles. The third-order valence-corrected chi connectivity index (χ3v) is 2.37. The number of benzene rings is 1. The molecule has 17 heavy (non-hydrogen) atoms. The summed E-state index contributed by atoms with van der Waals surface area (Å²) in [7, 11) is 0. The first kappa shape index (κ1) is 13.5. The van der Waals surface area contributed by atoms with Crippen LogP contribution in [-0.2, 0) is 17.4 Å². The molecule has 0 saturated heterocycles. The van der Waals surface area contributed by atoms with Gasteiger partial charge in [0.15, 0.2) is 0 Å². The van der Waals surface area contributed by atoms with Crippen molar-refractivity contribution >= 4 is 5.97 Å². The number of hydrogen-bond donors (Lipinski definition) is 2. The van der Waals surface area contributed by atoms with E-state index in [9.17, 15) is 18.0 Å². The number of hydrogen-bond acceptors (Lipinski definition) is 2. The van der Waals surface area contributed by atoms with E-state index in [1.165, 1.54) is 25.1 Å². The Bertz CT molecular complexity index is 427. The van der Waals surface area contributed by atoms with Crippen LogP contribution in [0.3, 0.4) is 0 Å². The highest BCUT2D eigenvalue weighted by molar-refractivity contribution is 5.78. The van der Waals surface area contributed by atoms with Crippen LogP contribution < -0.4 is 5.73 Å². The van der Waals surface area contributed by atoms with Crippen molar-refractivity contribution in [1.82, 2.24) is 0 Å². The second kappa shape index (κ2) is 4.37. The molecule has 6 heteroatoms. The SMILES string of the molecule is CC(N)(Cc1ccccc1C(F)(F)F)C(=O)O. The number of carboxylic acid groups (broad SMARTS) is 1. The number of rotatable bonds is 3. The molecule has 3 nitrogen and oxygen atoms in total. The number of aliphatic carboxylic acids is 1. The average Bonchev–Trinajstić information content (AvgIpc) is 2.15. The van der Waals surface area contributed by atoms with Crippen molar-refractivity contribution in [3.8, 4) is 0 Å². The summed E-state index contributed by atoms with van der Waals surface area (Å²) in [5, 5.41) is 8.79. The lowest BCUT2D eigenvalue weighted by Gasteiger charge is -2.21. The second-order valence-corrected chi connectivity index (χ2v) is 4.05. The van der Waals surface area contributed by atoms with E-state index < -0.39 is 23.2 Å². The Hall–Kier alpha value is -1.56. The smallest absolute Gasteiger partial charge is 0.416 e. The molecule has 0 saturated carbocycles. The van der Waals surface area contributed by atoms with Crippen molar-refractivity contribution in [3.05, 3.63) is 35.4 Å². The molecular weight excluding hydrogens is 235 g/mol. The lowest BCUT2D eigenvalue weighted by molar-refractivity contribution is -0.144. The Morgan fingerprint density at radius 3 is 2.35 bits per heavy atom. The minimum absolute atomic E-state index is 0.118. The van der Waals surface area contributed by atoms with Crippen LogP contribution in [0.2, 0.25) is 0 Å². The highest BCUT2D eigenvalue weighted by Gasteiger charge is 2.36. The van der Waals surface area contributed by atoms with Crippen LogP contribution in [0.25, 0.3) is 0 Å². The van der Waals surface area contributed by atoms with Crippen molar-refractivity contribution in [2.45, 2.75) is 25.1 Å². The zero-order valence-corrected chi connectivity index (χ0v) is 9.08. The maximum atomic E-state index is 12.6. The third kappa shape index (κ3) is 3.20. The second-order valence-electron chi connectivity index (χ2n) is 4.05. The summed E-state index contributed by atoms with van der Waals surface area (Å²) in [5.41, 5.74) is 2.75. The van der Waals surface area contributed by atoms with Gasteiger partial charge < -0.3 is 10.8 Å². The number of carboxylic acids is 1. The quantitative estimate of drug-likeness (QED) is 0.859. The van der Waals surface area contributed by atoms with Gasteiger partial charge in [0.05, 0.1) is 5.56 Å². The predicted molar refractivity (Wildman–Crippen MR) is 55.4 cm³/mol. The van der Waals surface area contributed by atoms with Crippen LogP contribution in [0.5, 0.6) is 0 Å². The fourth-order valence-corrected chi connectivity index (χ4v) is 1.42. The number of carbonyl (C=O) groups is 1. The van der Waals surface area contributed by atoms with Crippen LogP contribution in [0.1, 0.15) is 18.1 Å². The molecule has 0 bridgehead atoms. The number of nitrogens with two attached hydrogens (primary N) is 1. The molecule has 3 N–H and O–H groups in total. The molecule has 1 unspecified atom stereocenters. The van der Waals surface area contributed by atoms with Gasteiger partial charge in [0, 0.05) is 6.42 Å². The summed E-state index contributed by atoms with van der Waals surface area (Å²) in [6.07, 6.45) is -4.89. The van der Waals surface area contributed by atoms with Gasteiger partial charge in [0.2, 0.25) is 0 Å². The Kier molecular flexibility index (Phi) is 3.47. The van der Waals surface area contributed by atoms with Crippen molar-refractivity contribution < 1.29 is 23.1 Å². The molecule has 94 valence electrons. The molecule has 1 aromatic rings. The Labute approximate surface area is 96.0 Å². The fraction of sp³-hybridized carbons (Fsp3) is 0.364. The van der Waals surface area contributed by atoms with E-state index in [0.717, 1.165) is 6.07 Å². The molecule has 0 aliphatic heterocycles. The summed E-state index contributed by atoms with van der Waals surface area (Å²) in [5.74, 6) is -1.34. The van der Waals surface area contributed by atoms with Gasteiger partial charge in [-0.3, -0.25) is 4.79 Å². The molecule has 0 amide bonds. The first-order valence-electron chi connectivity index (χ1n) is 4.82. The summed E-state index contributed by atoms with van der Waals surface area (Å²) < 4.78 is 37.9. The number of halogens is 3. The van der Waals surface area contributed by atoms with E-state index in [0.29, 0.717) is 0 Å². The first-order chi connectivity index (χ1) is 7.64. The largest absolute Gasteiger partial charge is 0.480 e. The van der Waals surface area contributed by atoms with Gasteiger partial charge in [-0.2, -0.15) is 13.2 Å². The summed E-state index contributed by atoms with van der Waals surface area (Å²) in [6, 6.07) is 4.81. The molecular formula is C11H12F3NO2. The average molecular weight is 247 g/mol. The highest BCUT2D eigenvalue weighted by atomic mass is 19.4. The van der Waals surface area contributed by atoms with Gasteiger partial charge >= 0.3 is 12.1 Å². The Morgan fingerprint density at radius 2 is 1.88 bits per heavy atom. The van der Waals surface area contributed by atoms with Crippen LogP contribution in [0, 0.1) is 0 Å². The predicted octanol–water partition coefficient (Wildman–Crippen LogP) is 2.05. The van der Waals surface area contributed by atoms with Gasteiger partial charge in [-0.1, -0.05) is 18.2 Å². The van der Waals surface area contributed by atoms with Crippen molar-refractivity contribution in [2.75, 3.05) is 0 Å². The molecule has 0 heterocycles. The maximum Gasteiger partial charge on any atom is 0.416 e. The Morgan fingerprint density at radius 1 is 1.35 bits per heavy atom. The standard InChI is InChI=1S/C11H12F3NO2/c1-10(15,9(16)17)6-7-4-2-3-5-8(7)11(12,13)14/h2-5H,6,15H2,1H3,(H,16,17). The normalized spacial score (nSPS) is 15.4. The van der Waals surface area contributed by atoms with E-state index in [1.807, 2.05) is 0 Å². The fourth-order valence-electron chi connectivity index (χ4n) is 1.42. The van der Waals surface area contributed by atoms with E-state index >= 15 is 0 Å². The first-order valence-corrected chi connectivity index (χ1v) is 4.82. The van der Waals surface area contributed by atoms with Gasteiger partial charge in [0.25, 0.3) is 0 Å². The van der Waals surface area contributed by atoms with Crippen LogP contribution in [0.4, 0.5) is 13.2 Å². The summed E-state index contributed by atoms with van der Waals surface area (Å²) >= 11 is 0. The van der Waals surface area contributed by atoms with Gasteiger partial charge in [0.1, 0.15) is 5.54 Å². The van der Waals surface area contributed by atoms with Gasteiger partial charge in [-0.25, -0.2) is 0 Å². The monoisotopic (exact) mass is 247 g/mol. The van der Waals surface area contributed by atoms with Crippen LogP contribution in [0.15, 0.2) is 24.3 Å². The van der Waals surface area contributed by atoms with Crippen LogP contribution in [-0.4, -0.2) is 16.6 Å². The lowest BCUT2D eigenvalue weighted by atomic mass is 9.91. The lowest BCUT2D eigenvalue weighted by Crippen LogP contribution is -2.47. The van der Waals surface area contributed by atoms with E-state index in [4.69, 9.17) is 10.8 Å². The molecule has 1 rings (SSSR count). The van der Waals surface area contributed by atoms with Crippen molar-refractivity contribution in [2.24, 2.45) is 5.73 Å². The maximum absolute atomic E-state index is 12.6. The van der Waals surface area contributed by atoms with Crippen LogP contribution >= 0.6 is 0 Å². The zero-order valence-electron chi connectivity index (χ0n) is 9.08. The van der Waals surface area contributed by atoms with Crippen molar-refractivity contribution in [3.63, 3.8) is 0 Å². The zero-order chi connectivity index (χ0) is 13.3. The molecule has 0 aliphatic rings. The topological polar surface area (TPSA) is 63.3 Å². The summed E-state index contributed by atoms with van der Waals surface area (Å²) in [4.78, 5) is 10.8. The van der Waals surface area contributed by atoms with Crippen molar-refractivity contribution in [1.29, 1.82) is 0 Å². The minimum atomic E-state index is -4.51.